The van der Waals surface area contributed by atoms with E-state index in [1.54, 1.807) is 6.08 Å². The van der Waals surface area contributed by atoms with Crippen molar-refractivity contribution < 1.29 is 17.9 Å². The van der Waals surface area contributed by atoms with Gasteiger partial charge in [0.05, 0.1) is 11.3 Å². The highest BCUT2D eigenvalue weighted by Gasteiger charge is 2.65. The maximum absolute atomic E-state index is 13.0. The molecule has 2 saturated heterocycles. The first-order valence-electron chi connectivity index (χ1n) is 9.01. The summed E-state index contributed by atoms with van der Waals surface area (Å²) in [5, 5.41) is -0.128. The van der Waals surface area contributed by atoms with Crippen LogP contribution in [-0.4, -0.2) is 44.6 Å². The largest absolute Gasteiger partial charge is 0.450 e. The zero-order valence-corrected chi connectivity index (χ0v) is 14.7. The highest BCUT2D eigenvalue weighted by atomic mass is 32.2. The van der Waals surface area contributed by atoms with Gasteiger partial charge in [-0.3, -0.25) is 4.90 Å². The second-order valence-electron chi connectivity index (χ2n) is 7.40. The number of esters is 1. The maximum Gasteiger partial charge on any atom is 0.331 e. The normalized spacial score (nSPS) is 37.7. The lowest BCUT2D eigenvalue weighted by atomic mass is 9.77. The fourth-order valence-electron chi connectivity index (χ4n) is 5.17. The van der Waals surface area contributed by atoms with Gasteiger partial charge in [-0.1, -0.05) is 24.6 Å². The van der Waals surface area contributed by atoms with Crippen LogP contribution in [0.1, 0.15) is 32.1 Å². The van der Waals surface area contributed by atoms with Crippen LogP contribution in [0.15, 0.2) is 42.0 Å². The highest BCUT2D eigenvalue weighted by molar-refractivity contribution is 7.81. The van der Waals surface area contributed by atoms with Crippen LogP contribution in [0.4, 0.5) is 0 Å². The Bertz CT molecular complexity index is 764. The molecule has 0 radical (unpaired) electrons. The van der Waals surface area contributed by atoms with Crippen LogP contribution in [0, 0.1) is 0 Å². The molecule has 4 aliphatic rings. The quantitative estimate of drug-likeness (QED) is 0.776. The molecule has 1 aliphatic carbocycles. The average molecular weight is 359 g/mol. The summed E-state index contributed by atoms with van der Waals surface area (Å²) < 4.78 is 24.6. The minimum atomic E-state index is -1.45. The lowest BCUT2D eigenvalue weighted by Gasteiger charge is -2.38. The zero-order valence-electron chi connectivity index (χ0n) is 13.9. The van der Waals surface area contributed by atoms with E-state index in [-0.39, 0.29) is 23.3 Å². The molecule has 6 heteroatoms. The molecule has 132 valence electrons. The molecule has 2 bridgehead atoms. The summed E-state index contributed by atoms with van der Waals surface area (Å²) in [6.45, 7) is 0.987. The minimum Gasteiger partial charge on any atom is -0.450 e. The van der Waals surface area contributed by atoms with Gasteiger partial charge in [-0.15, -0.1) is 0 Å². The van der Waals surface area contributed by atoms with Crippen molar-refractivity contribution in [2.45, 2.75) is 55.0 Å². The number of carbonyl (C=O) groups is 1. The Morgan fingerprint density at radius 2 is 2.08 bits per heavy atom. The fraction of sp³-hybridized carbons (Fsp3) is 0.526. The van der Waals surface area contributed by atoms with E-state index in [1.165, 1.54) is 0 Å². The molecule has 2 unspecified atom stereocenters. The first-order chi connectivity index (χ1) is 12.2. The molecule has 25 heavy (non-hydrogen) atoms. The number of nitrogens with zero attached hydrogens (tertiary/aromatic N) is 1. The smallest absolute Gasteiger partial charge is 0.331 e. The molecule has 0 N–H and O–H groups in total. The van der Waals surface area contributed by atoms with Crippen molar-refractivity contribution in [2.75, 3.05) is 6.54 Å². The maximum atomic E-state index is 13.0. The second-order valence-corrected chi connectivity index (χ2v) is 8.69. The van der Waals surface area contributed by atoms with Gasteiger partial charge in [0, 0.05) is 18.5 Å². The van der Waals surface area contributed by atoms with Crippen molar-refractivity contribution >= 4 is 17.0 Å². The third-order valence-electron chi connectivity index (χ3n) is 6.16. The van der Waals surface area contributed by atoms with Gasteiger partial charge in [0.1, 0.15) is 5.75 Å². The average Bonchev–Trinajstić information content (AvgIpc) is 3.10. The van der Waals surface area contributed by atoms with E-state index in [4.69, 9.17) is 8.92 Å². The predicted octanol–water partition coefficient (Wildman–Crippen LogP) is 2.35. The molecule has 0 amide bonds. The predicted molar refractivity (Wildman–Crippen MR) is 93.3 cm³/mol. The number of benzene rings is 1. The highest BCUT2D eigenvalue weighted by Crippen LogP contribution is 2.54. The Balaban J connectivity index is 1.47. The Morgan fingerprint density at radius 1 is 1.24 bits per heavy atom. The Labute approximate surface area is 149 Å². The first-order valence-corrected chi connectivity index (χ1v) is 10.1. The van der Waals surface area contributed by atoms with Gasteiger partial charge in [0.2, 0.25) is 11.1 Å². The molecule has 1 saturated carbocycles. The Kier molecular flexibility index (Phi) is 3.54. The molecule has 0 aromatic heterocycles. The molecular formula is C19H21NO4S. The second kappa shape index (κ2) is 5.68. The van der Waals surface area contributed by atoms with Crippen LogP contribution in [0.3, 0.4) is 0 Å². The summed E-state index contributed by atoms with van der Waals surface area (Å²) in [5.41, 5.74) is 0.563. The summed E-state index contributed by atoms with van der Waals surface area (Å²) in [6, 6.07) is 9.70. The van der Waals surface area contributed by atoms with Crippen molar-refractivity contribution in [2.24, 2.45) is 0 Å². The third kappa shape index (κ3) is 2.30. The number of rotatable bonds is 3. The van der Waals surface area contributed by atoms with Gasteiger partial charge >= 0.3 is 5.97 Å². The van der Waals surface area contributed by atoms with Crippen LogP contribution in [0.5, 0.6) is 5.75 Å². The van der Waals surface area contributed by atoms with E-state index in [0.717, 1.165) is 37.8 Å². The number of piperidine rings is 1. The van der Waals surface area contributed by atoms with Gasteiger partial charge < -0.3 is 8.92 Å². The molecule has 3 aliphatic heterocycles. The number of fused-ring (bicyclic) bond motifs is 3. The Morgan fingerprint density at radius 3 is 2.92 bits per heavy atom. The van der Waals surface area contributed by atoms with Crippen molar-refractivity contribution in [1.82, 2.24) is 4.90 Å². The number of carbonyl (C=O) groups excluding carboxylic acids is 1. The van der Waals surface area contributed by atoms with Gasteiger partial charge in [0.15, 0.2) is 5.60 Å². The van der Waals surface area contributed by atoms with Gasteiger partial charge in [-0.05, 0) is 43.5 Å². The Hall–Kier alpha value is -1.66. The summed E-state index contributed by atoms with van der Waals surface area (Å²) in [6.07, 6.45) is 6.36. The third-order valence-corrected chi connectivity index (χ3v) is 7.49. The summed E-state index contributed by atoms with van der Waals surface area (Å²) in [7, 11) is 0. The van der Waals surface area contributed by atoms with Crippen LogP contribution in [-0.2, 0) is 20.6 Å². The lowest BCUT2D eigenvalue weighted by molar-refractivity contribution is -0.148. The molecule has 1 aromatic carbocycles. The van der Waals surface area contributed by atoms with E-state index in [9.17, 15) is 9.00 Å². The molecule has 5 nitrogen and oxygen atoms in total. The molecule has 3 fully saturated rings. The number of hydrogen-bond donors (Lipinski definition) is 0. The minimum absolute atomic E-state index is 0.128. The van der Waals surface area contributed by atoms with Gasteiger partial charge in [0.25, 0.3) is 0 Å². The molecule has 1 spiro atoms. The van der Waals surface area contributed by atoms with Gasteiger partial charge in [-0.2, -0.15) is 0 Å². The number of hydrogen-bond acceptors (Lipinski definition) is 5. The molecule has 3 heterocycles. The summed E-state index contributed by atoms with van der Waals surface area (Å²) in [5.74, 6) is 0.384. The van der Waals surface area contributed by atoms with E-state index in [0.29, 0.717) is 12.2 Å². The van der Waals surface area contributed by atoms with Gasteiger partial charge in [-0.25, -0.2) is 9.00 Å². The van der Waals surface area contributed by atoms with Crippen LogP contribution in [0.25, 0.3) is 0 Å². The standard InChI is InChI=1S/C19H21NO4S/c21-18-11-13-10-16(25(22)24-14-6-2-1-3-7-14)15-12-19(13,23-18)17-8-4-5-9-20(15)17/h1-3,6-7,11,15-17H,4-5,8-10,12H2/t15-,16?,17+,19-,25?/m0/s1. The van der Waals surface area contributed by atoms with E-state index in [1.807, 2.05) is 30.3 Å². The van der Waals surface area contributed by atoms with Crippen LogP contribution < -0.4 is 4.18 Å². The van der Waals surface area contributed by atoms with Crippen molar-refractivity contribution in [3.63, 3.8) is 0 Å². The van der Waals surface area contributed by atoms with Crippen molar-refractivity contribution in [1.29, 1.82) is 0 Å². The summed E-state index contributed by atoms with van der Waals surface area (Å²) >= 11 is -1.45. The monoisotopic (exact) mass is 359 g/mol. The lowest BCUT2D eigenvalue weighted by Crippen LogP contribution is -2.48. The topological polar surface area (TPSA) is 55.8 Å². The van der Waals surface area contributed by atoms with E-state index >= 15 is 0 Å². The first kappa shape index (κ1) is 15.6. The van der Waals surface area contributed by atoms with Crippen molar-refractivity contribution in [3.05, 3.63) is 42.0 Å². The SMILES string of the molecule is O=C1C=C2CC(S(=O)Oc3ccccc3)[C@@H]3C[C@@]2(O1)[C@H]1CCCCN31. The zero-order chi connectivity index (χ0) is 17.0. The molecule has 5 atom stereocenters. The summed E-state index contributed by atoms with van der Waals surface area (Å²) in [4.78, 5) is 14.5. The van der Waals surface area contributed by atoms with E-state index < -0.39 is 16.7 Å². The van der Waals surface area contributed by atoms with Crippen molar-refractivity contribution in [3.8, 4) is 5.75 Å². The number of ether oxygens (including phenoxy) is 1. The molecule has 1 aromatic rings. The van der Waals surface area contributed by atoms with Crippen LogP contribution in [0.2, 0.25) is 0 Å². The number of para-hydroxylation sites is 1. The molecule has 5 rings (SSSR count). The molecular weight excluding hydrogens is 338 g/mol. The van der Waals surface area contributed by atoms with Crippen LogP contribution >= 0.6 is 0 Å². The van der Waals surface area contributed by atoms with E-state index in [2.05, 4.69) is 4.90 Å². The fourth-order valence-corrected chi connectivity index (χ4v) is 6.42.